The van der Waals surface area contributed by atoms with Crippen molar-refractivity contribution >= 4 is 39.1 Å². The lowest BCUT2D eigenvalue weighted by Gasteiger charge is -2.16. The van der Waals surface area contributed by atoms with Crippen molar-refractivity contribution in [2.45, 2.75) is 19.8 Å². The van der Waals surface area contributed by atoms with E-state index in [9.17, 15) is 18.8 Å². The molecule has 19 heavy (non-hydrogen) atoms. The van der Waals surface area contributed by atoms with E-state index in [1.165, 1.54) is 17.9 Å². The van der Waals surface area contributed by atoms with Crippen LogP contribution in [0.15, 0.2) is 16.6 Å². The SMILES string of the molecule is CC(=O)CCCN1C(=O)C(=O)c2cc(Br)c(F)cc21. The molecular weight excluding hydrogens is 317 g/mol. The summed E-state index contributed by atoms with van der Waals surface area (Å²) >= 11 is 2.99. The van der Waals surface area contributed by atoms with Crippen LogP contribution in [0.5, 0.6) is 0 Å². The molecule has 0 unspecified atom stereocenters. The van der Waals surface area contributed by atoms with E-state index in [-0.39, 0.29) is 28.1 Å². The highest BCUT2D eigenvalue weighted by atomic mass is 79.9. The average molecular weight is 328 g/mol. The number of anilines is 1. The second-order valence-corrected chi connectivity index (χ2v) is 5.23. The second kappa shape index (κ2) is 5.21. The topological polar surface area (TPSA) is 54.5 Å². The fraction of sp³-hybridized carbons (Fsp3) is 0.308. The Bertz CT molecular complexity index is 585. The van der Waals surface area contributed by atoms with Crippen molar-refractivity contribution in [3.8, 4) is 0 Å². The molecule has 100 valence electrons. The molecule has 0 radical (unpaired) electrons. The number of amides is 1. The molecule has 0 N–H and O–H groups in total. The Balaban J connectivity index is 2.28. The molecule has 6 heteroatoms. The smallest absolute Gasteiger partial charge is 0.299 e. The summed E-state index contributed by atoms with van der Waals surface area (Å²) in [6.07, 6.45) is 0.776. The van der Waals surface area contributed by atoms with Crippen molar-refractivity contribution < 1.29 is 18.8 Å². The molecule has 1 aliphatic heterocycles. The maximum absolute atomic E-state index is 13.5. The van der Waals surface area contributed by atoms with E-state index in [1.807, 2.05) is 0 Å². The van der Waals surface area contributed by atoms with Crippen LogP contribution in [0, 0.1) is 5.82 Å². The molecular formula is C13H11BrFNO3. The van der Waals surface area contributed by atoms with Crippen molar-refractivity contribution in [2.24, 2.45) is 0 Å². The summed E-state index contributed by atoms with van der Waals surface area (Å²) in [7, 11) is 0. The number of fused-ring (bicyclic) bond motifs is 1. The summed E-state index contributed by atoms with van der Waals surface area (Å²) in [4.78, 5) is 35.7. The molecule has 1 aromatic carbocycles. The lowest BCUT2D eigenvalue weighted by molar-refractivity contribution is -0.117. The summed E-state index contributed by atoms with van der Waals surface area (Å²) in [5.74, 6) is -1.83. The zero-order valence-corrected chi connectivity index (χ0v) is 11.8. The lowest BCUT2D eigenvalue weighted by atomic mass is 10.1. The van der Waals surface area contributed by atoms with Gasteiger partial charge in [-0.1, -0.05) is 0 Å². The van der Waals surface area contributed by atoms with Crippen molar-refractivity contribution in [3.05, 3.63) is 28.0 Å². The van der Waals surface area contributed by atoms with Gasteiger partial charge in [-0.2, -0.15) is 0 Å². The molecule has 1 aliphatic rings. The molecule has 0 aliphatic carbocycles. The van der Waals surface area contributed by atoms with Crippen molar-refractivity contribution in [1.82, 2.24) is 0 Å². The molecule has 0 atom stereocenters. The minimum atomic E-state index is -0.670. The first kappa shape index (κ1) is 13.9. The average Bonchev–Trinajstić information content (AvgIpc) is 2.55. The Morgan fingerprint density at radius 2 is 2.05 bits per heavy atom. The van der Waals surface area contributed by atoms with Crippen LogP contribution < -0.4 is 4.90 Å². The maximum Gasteiger partial charge on any atom is 0.299 e. The Morgan fingerprint density at radius 1 is 1.37 bits per heavy atom. The van der Waals surface area contributed by atoms with Gasteiger partial charge in [0, 0.05) is 13.0 Å². The van der Waals surface area contributed by atoms with Gasteiger partial charge >= 0.3 is 0 Å². The van der Waals surface area contributed by atoms with E-state index in [0.29, 0.717) is 12.8 Å². The molecule has 0 aromatic heterocycles. The van der Waals surface area contributed by atoms with Gasteiger partial charge in [0.1, 0.15) is 11.6 Å². The van der Waals surface area contributed by atoms with Gasteiger partial charge in [-0.3, -0.25) is 9.59 Å². The molecule has 0 saturated heterocycles. The molecule has 1 aromatic rings. The summed E-state index contributed by atoms with van der Waals surface area (Å²) < 4.78 is 13.7. The highest BCUT2D eigenvalue weighted by molar-refractivity contribution is 9.10. The second-order valence-electron chi connectivity index (χ2n) is 4.37. The van der Waals surface area contributed by atoms with E-state index < -0.39 is 17.5 Å². The van der Waals surface area contributed by atoms with Gasteiger partial charge in [0.05, 0.1) is 15.7 Å². The van der Waals surface area contributed by atoms with E-state index in [2.05, 4.69) is 15.9 Å². The highest BCUT2D eigenvalue weighted by Gasteiger charge is 2.36. The number of ketones is 2. The fourth-order valence-electron chi connectivity index (χ4n) is 2.00. The first-order valence-corrected chi connectivity index (χ1v) is 6.56. The molecule has 0 saturated carbocycles. The number of carbonyl (C=O) groups excluding carboxylic acids is 3. The van der Waals surface area contributed by atoms with E-state index in [0.717, 1.165) is 6.07 Å². The third-order valence-electron chi connectivity index (χ3n) is 2.92. The zero-order valence-electron chi connectivity index (χ0n) is 10.2. The highest BCUT2D eigenvalue weighted by Crippen LogP contribution is 2.33. The van der Waals surface area contributed by atoms with Crippen LogP contribution in [-0.4, -0.2) is 24.0 Å². The first-order chi connectivity index (χ1) is 8.91. The van der Waals surface area contributed by atoms with Crippen LogP contribution in [-0.2, 0) is 9.59 Å². The van der Waals surface area contributed by atoms with Crippen LogP contribution in [0.4, 0.5) is 10.1 Å². The number of nitrogens with zero attached hydrogens (tertiary/aromatic N) is 1. The summed E-state index contributed by atoms with van der Waals surface area (Å²) in [6, 6.07) is 2.48. The third kappa shape index (κ3) is 2.58. The van der Waals surface area contributed by atoms with E-state index in [4.69, 9.17) is 0 Å². The number of hydrogen-bond acceptors (Lipinski definition) is 3. The van der Waals surface area contributed by atoms with Gasteiger partial charge < -0.3 is 9.69 Å². The molecule has 4 nitrogen and oxygen atoms in total. The molecule has 1 amide bonds. The van der Waals surface area contributed by atoms with Gasteiger partial charge in [-0.15, -0.1) is 0 Å². The van der Waals surface area contributed by atoms with Crippen molar-refractivity contribution in [2.75, 3.05) is 11.4 Å². The Labute approximate surface area is 117 Å². The normalized spacial score (nSPS) is 13.9. The summed E-state index contributed by atoms with van der Waals surface area (Å²) in [5.41, 5.74) is 0.473. The van der Waals surface area contributed by atoms with Gasteiger partial charge in [0.2, 0.25) is 0 Å². The van der Waals surface area contributed by atoms with Crippen LogP contribution in [0.1, 0.15) is 30.1 Å². The van der Waals surface area contributed by atoms with Gasteiger partial charge in [-0.25, -0.2) is 4.39 Å². The number of hydrogen-bond donors (Lipinski definition) is 0. The van der Waals surface area contributed by atoms with E-state index in [1.54, 1.807) is 0 Å². The number of halogens is 2. The van der Waals surface area contributed by atoms with Crippen molar-refractivity contribution in [3.63, 3.8) is 0 Å². The maximum atomic E-state index is 13.5. The number of rotatable bonds is 4. The number of carbonyl (C=O) groups is 3. The van der Waals surface area contributed by atoms with Crippen LogP contribution in [0.2, 0.25) is 0 Å². The Kier molecular flexibility index (Phi) is 3.80. The predicted molar refractivity (Wildman–Crippen MR) is 70.7 cm³/mol. The third-order valence-corrected chi connectivity index (χ3v) is 3.53. The molecule has 2 rings (SSSR count). The molecule has 0 fully saturated rings. The number of benzene rings is 1. The van der Waals surface area contributed by atoms with E-state index >= 15 is 0 Å². The Hall–Kier alpha value is -1.56. The first-order valence-electron chi connectivity index (χ1n) is 5.76. The summed E-state index contributed by atoms with van der Waals surface area (Å²) in [5, 5.41) is 0. The van der Waals surface area contributed by atoms with Gasteiger partial charge in [0.25, 0.3) is 11.7 Å². The largest absolute Gasteiger partial charge is 0.305 e. The minimum absolute atomic E-state index is 0.0141. The van der Waals surface area contributed by atoms with Gasteiger partial charge in [-0.05, 0) is 41.4 Å². The summed E-state index contributed by atoms with van der Waals surface area (Å²) in [6.45, 7) is 1.69. The molecule has 0 bridgehead atoms. The van der Waals surface area contributed by atoms with Crippen LogP contribution in [0.25, 0.3) is 0 Å². The number of Topliss-reactive ketones (excluding diaryl/α,β-unsaturated/α-hetero) is 2. The standard InChI is InChI=1S/C13H11BrFNO3/c1-7(17)3-2-4-16-11-6-10(15)9(14)5-8(11)12(18)13(16)19/h5-6H,2-4H2,1H3. The quantitative estimate of drug-likeness (QED) is 0.798. The zero-order chi connectivity index (χ0) is 14.2. The van der Waals surface area contributed by atoms with Gasteiger partial charge in [0.15, 0.2) is 0 Å². The van der Waals surface area contributed by atoms with Crippen molar-refractivity contribution in [1.29, 1.82) is 0 Å². The lowest BCUT2D eigenvalue weighted by Crippen LogP contribution is -2.30. The predicted octanol–water partition coefficient (Wildman–Crippen LogP) is 2.49. The Morgan fingerprint density at radius 3 is 2.68 bits per heavy atom. The monoisotopic (exact) mass is 327 g/mol. The van der Waals surface area contributed by atoms with Crippen LogP contribution in [0.3, 0.4) is 0 Å². The van der Waals surface area contributed by atoms with Crippen LogP contribution >= 0.6 is 15.9 Å². The molecule has 1 heterocycles. The minimum Gasteiger partial charge on any atom is -0.305 e. The fourth-order valence-corrected chi connectivity index (χ4v) is 2.34. The molecule has 0 spiro atoms.